The van der Waals surface area contributed by atoms with Crippen molar-refractivity contribution in [3.8, 4) is 0 Å². The molecule has 0 aliphatic carbocycles. The van der Waals surface area contributed by atoms with Crippen LogP contribution in [-0.4, -0.2) is 6.61 Å². The summed E-state index contributed by atoms with van der Waals surface area (Å²) in [6.45, 7) is 12.1. The van der Waals surface area contributed by atoms with Crippen molar-refractivity contribution in [1.82, 2.24) is 0 Å². The van der Waals surface area contributed by atoms with Crippen molar-refractivity contribution in [3.63, 3.8) is 0 Å². The van der Waals surface area contributed by atoms with Crippen molar-refractivity contribution in [1.29, 1.82) is 0 Å². The minimum absolute atomic E-state index is 0.181. The van der Waals surface area contributed by atoms with Crippen LogP contribution in [0.5, 0.6) is 0 Å². The van der Waals surface area contributed by atoms with Gasteiger partial charge in [0.05, 0.1) is 6.61 Å². The molecule has 0 atom stereocenters. The van der Waals surface area contributed by atoms with Crippen LogP contribution in [0.3, 0.4) is 0 Å². The first-order valence-electron chi connectivity index (χ1n) is 5.29. The molecule has 76 valence electrons. The number of ether oxygens (including phenoxy) is 1. The fourth-order valence-corrected chi connectivity index (χ4v) is 1.89. The molecule has 13 heavy (non-hydrogen) atoms. The standard InChI is InChI=1S/C12H22O/c1-9(2)10-7-6-8-13-11(10)12(3,4)5/h9H,6-8H2,1-5H3. The molecule has 0 aromatic heterocycles. The highest BCUT2D eigenvalue weighted by Crippen LogP contribution is 2.36. The van der Waals surface area contributed by atoms with Crippen molar-refractivity contribution >= 4 is 0 Å². The molecule has 0 N–H and O–H groups in total. The van der Waals surface area contributed by atoms with Crippen LogP contribution in [0, 0.1) is 11.3 Å². The van der Waals surface area contributed by atoms with Gasteiger partial charge in [0, 0.05) is 5.41 Å². The molecule has 0 amide bonds. The predicted molar refractivity (Wildman–Crippen MR) is 56.5 cm³/mol. The Hall–Kier alpha value is -0.460. The fraction of sp³-hybridized carbons (Fsp3) is 0.833. The monoisotopic (exact) mass is 182 g/mol. The highest BCUT2D eigenvalue weighted by Gasteiger charge is 2.26. The molecule has 1 rings (SSSR count). The molecule has 1 heterocycles. The third-order valence-electron chi connectivity index (χ3n) is 2.51. The lowest BCUT2D eigenvalue weighted by Gasteiger charge is -2.32. The van der Waals surface area contributed by atoms with Gasteiger partial charge in [0.15, 0.2) is 0 Å². The van der Waals surface area contributed by atoms with E-state index in [1.54, 1.807) is 0 Å². The molecule has 1 nitrogen and oxygen atoms in total. The highest BCUT2D eigenvalue weighted by molar-refractivity contribution is 5.18. The molecular weight excluding hydrogens is 160 g/mol. The summed E-state index contributed by atoms with van der Waals surface area (Å²) in [5.41, 5.74) is 1.71. The van der Waals surface area contributed by atoms with Crippen LogP contribution in [0.15, 0.2) is 11.3 Å². The van der Waals surface area contributed by atoms with Gasteiger partial charge in [-0.3, -0.25) is 0 Å². The second kappa shape index (κ2) is 3.73. The van der Waals surface area contributed by atoms with Crippen molar-refractivity contribution in [3.05, 3.63) is 11.3 Å². The van der Waals surface area contributed by atoms with Crippen LogP contribution < -0.4 is 0 Å². The maximum atomic E-state index is 5.80. The molecule has 0 saturated carbocycles. The van der Waals surface area contributed by atoms with E-state index >= 15 is 0 Å². The van der Waals surface area contributed by atoms with Crippen LogP contribution in [-0.2, 0) is 4.74 Å². The van der Waals surface area contributed by atoms with Crippen LogP contribution >= 0.6 is 0 Å². The lowest BCUT2D eigenvalue weighted by atomic mass is 9.84. The van der Waals surface area contributed by atoms with Gasteiger partial charge in [0.2, 0.25) is 0 Å². The summed E-state index contributed by atoms with van der Waals surface area (Å²) in [5.74, 6) is 1.88. The number of hydrogen-bond donors (Lipinski definition) is 0. The third-order valence-corrected chi connectivity index (χ3v) is 2.51. The molecule has 1 heteroatoms. The molecule has 0 fully saturated rings. The van der Waals surface area contributed by atoms with Crippen LogP contribution in [0.2, 0.25) is 0 Å². The largest absolute Gasteiger partial charge is 0.497 e. The van der Waals surface area contributed by atoms with Gasteiger partial charge in [0.25, 0.3) is 0 Å². The van der Waals surface area contributed by atoms with E-state index in [-0.39, 0.29) is 5.41 Å². The van der Waals surface area contributed by atoms with Gasteiger partial charge in [-0.15, -0.1) is 0 Å². The molecule has 1 aliphatic heterocycles. The van der Waals surface area contributed by atoms with E-state index in [9.17, 15) is 0 Å². The summed E-state index contributed by atoms with van der Waals surface area (Å²) in [6.07, 6.45) is 2.41. The van der Waals surface area contributed by atoms with Crippen molar-refractivity contribution in [2.24, 2.45) is 11.3 Å². The van der Waals surface area contributed by atoms with Crippen molar-refractivity contribution in [2.45, 2.75) is 47.5 Å². The maximum Gasteiger partial charge on any atom is 0.101 e. The number of rotatable bonds is 1. The summed E-state index contributed by atoms with van der Waals surface area (Å²) < 4.78 is 5.80. The molecule has 0 bridgehead atoms. The van der Waals surface area contributed by atoms with Gasteiger partial charge >= 0.3 is 0 Å². The molecule has 0 aromatic carbocycles. The molecule has 0 aromatic rings. The molecule has 0 radical (unpaired) electrons. The Balaban J connectivity index is 2.97. The first-order valence-corrected chi connectivity index (χ1v) is 5.29. The lowest BCUT2D eigenvalue weighted by molar-refractivity contribution is 0.125. The van der Waals surface area contributed by atoms with E-state index in [0.29, 0.717) is 5.92 Å². The summed E-state index contributed by atoms with van der Waals surface area (Å²) >= 11 is 0. The van der Waals surface area contributed by atoms with Gasteiger partial charge in [0.1, 0.15) is 5.76 Å². The van der Waals surface area contributed by atoms with Crippen LogP contribution in [0.1, 0.15) is 47.5 Å². The number of allylic oxidation sites excluding steroid dienone is 2. The van der Waals surface area contributed by atoms with E-state index < -0.39 is 0 Å². The summed E-state index contributed by atoms with van der Waals surface area (Å²) in [5, 5.41) is 0. The van der Waals surface area contributed by atoms with Crippen LogP contribution in [0.25, 0.3) is 0 Å². The quantitative estimate of drug-likeness (QED) is 0.600. The van der Waals surface area contributed by atoms with Crippen molar-refractivity contribution < 1.29 is 4.74 Å². The van der Waals surface area contributed by atoms with Gasteiger partial charge in [-0.1, -0.05) is 34.6 Å². The van der Waals surface area contributed by atoms with Gasteiger partial charge in [-0.25, -0.2) is 0 Å². The Morgan fingerprint density at radius 1 is 1.23 bits per heavy atom. The Kier molecular flexibility index (Phi) is 3.05. The summed E-state index contributed by atoms with van der Waals surface area (Å²) in [4.78, 5) is 0. The zero-order chi connectivity index (χ0) is 10.1. The Labute approximate surface area is 82.2 Å². The topological polar surface area (TPSA) is 9.23 Å². The van der Waals surface area contributed by atoms with E-state index in [1.165, 1.54) is 24.2 Å². The van der Waals surface area contributed by atoms with Crippen molar-refractivity contribution in [2.75, 3.05) is 6.61 Å². The van der Waals surface area contributed by atoms with Gasteiger partial charge in [-0.05, 0) is 24.3 Å². The van der Waals surface area contributed by atoms with E-state index in [4.69, 9.17) is 4.74 Å². The molecule has 0 unspecified atom stereocenters. The highest BCUT2D eigenvalue weighted by atomic mass is 16.5. The minimum atomic E-state index is 0.181. The van der Waals surface area contributed by atoms with E-state index in [1.807, 2.05) is 0 Å². The Bertz CT molecular complexity index is 206. The maximum absolute atomic E-state index is 5.80. The zero-order valence-corrected chi connectivity index (χ0v) is 9.61. The average molecular weight is 182 g/mol. The SMILES string of the molecule is CC(C)C1=C(C(C)(C)C)OCCC1. The average Bonchev–Trinajstić information content (AvgIpc) is 2.03. The zero-order valence-electron chi connectivity index (χ0n) is 9.61. The first kappa shape index (κ1) is 10.6. The second-order valence-corrected chi connectivity index (χ2v) is 5.21. The molecular formula is C12H22O. The second-order valence-electron chi connectivity index (χ2n) is 5.21. The number of hydrogen-bond acceptors (Lipinski definition) is 1. The Morgan fingerprint density at radius 3 is 2.23 bits per heavy atom. The molecule has 0 saturated heterocycles. The first-order chi connectivity index (χ1) is 5.93. The van der Waals surface area contributed by atoms with Gasteiger partial charge < -0.3 is 4.74 Å². The third kappa shape index (κ3) is 2.49. The van der Waals surface area contributed by atoms with E-state index in [0.717, 1.165) is 6.61 Å². The summed E-state index contributed by atoms with van der Waals surface area (Å²) in [7, 11) is 0. The fourth-order valence-electron chi connectivity index (χ4n) is 1.89. The van der Waals surface area contributed by atoms with Crippen LogP contribution in [0.4, 0.5) is 0 Å². The molecule has 1 aliphatic rings. The minimum Gasteiger partial charge on any atom is -0.497 e. The molecule has 0 spiro atoms. The smallest absolute Gasteiger partial charge is 0.101 e. The van der Waals surface area contributed by atoms with Gasteiger partial charge in [-0.2, -0.15) is 0 Å². The summed E-state index contributed by atoms with van der Waals surface area (Å²) in [6, 6.07) is 0. The lowest BCUT2D eigenvalue weighted by Crippen LogP contribution is -2.21. The Morgan fingerprint density at radius 2 is 1.85 bits per heavy atom. The predicted octanol–water partition coefficient (Wildman–Crippen LogP) is 3.75. The van der Waals surface area contributed by atoms with E-state index in [2.05, 4.69) is 34.6 Å². The normalized spacial score (nSPS) is 19.2.